The van der Waals surface area contributed by atoms with Crippen molar-refractivity contribution < 1.29 is 4.79 Å². The summed E-state index contributed by atoms with van der Waals surface area (Å²) in [6.45, 7) is 0. The van der Waals surface area contributed by atoms with Gasteiger partial charge in [0.2, 0.25) is 5.91 Å². The lowest BCUT2D eigenvalue weighted by Crippen LogP contribution is -2.44. The molecule has 0 aromatic heterocycles. The van der Waals surface area contributed by atoms with E-state index in [4.69, 9.17) is 5.73 Å². The number of rotatable bonds is 2. The first kappa shape index (κ1) is 13.6. The lowest BCUT2D eigenvalue weighted by molar-refractivity contribution is -0.126. The van der Waals surface area contributed by atoms with Gasteiger partial charge in [-0.25, -0.2) is 0 Å². The van der Waals surface area contributed by atoms with Gasteiger partial charge in [0.05, 0.1) is 0 Å². The molecule has 2 aliphatic rings. The summed E-state index contributed by atoms with van der Waals surface area (Å²) in [5, 5.41) is 3.25. The van der Waals surface area contributed by atoms with E-state index in [1.807, 2.05) is 0 Å². The number of carbonyl (C=O) groups excluding carboxylic acids is 1. The molecule has 3 N–H and O–H groups in total. The van der Waals surface area contributed by atoms with Crippen LogP contribution in [0.5, 0.6) is 0 Å². The van der Waals surface area contributed by atoms with E-state index in [1.165, 1.54) is 11.1 Å². The summed E-state index contributed by atoms with van der Waals surface area (Å²) < 4.78 is 0. The first-order chi connectivity index (χ1) is 9.72. The first-order valence-electron chi connectivity index (χ1n) is 7.85. The quantitative estimate of drug-likeness (QED) is 0.867. The number of fused-ring (bicyclic) bond motifs is 1. The predicted molar refractivity (Wildman–Crippen MR) is 80.3 cm³/mol. The number of benzene rings is 1. The fourth-order valence-corrected chi connectivity index (χ4v) is 3.50. The van der Waals surface area contributed by atoms with Crippen LogP contribution >= 0.6 is 0 Å². The molecule has 3 nitrogen and oxygen atoms in total. The third-order valence-corrected chi connectivity index (χ3v) is 4.84. The zero-order valence-corrected chi connectivity index (χ0v) is 12.0. The van der Waals surface area contributed by atoms with Gasteiger partial charge in [-0.3, -0.25) is 4.79 Å². The Hall–Kier alpha value is -1.35. The highest BCUT2D eigenvalue weighted by Gasteiger charge is 2.27. The Bertz CT molecular complexity index is 478. The molecule has 3 rings (SSSR count). The van der Waals surface area contributed by atoms with Crippen LogP contribution in [0.1, 0.15) is 43.2 Å². The minimum absolute atomic E-state index is 0.153. The Morgan fingerprint density at radius 1 is 1.05 bits per heavy atom. The smallest absolute Gasteiger partial charge is 0.223 e. The number of nitrogens with two attached hydrogens (primary N) is 1. The molecule has 3 heteroatoms. The maximum Gasteiger partial charge on any atom is 0.223 e. The second kappa shape index (κ2) is 5.96. The molecular formula is C17H24N2O. The van der Waals surface area contributed by atoms with E-state index >= 15 is 0 Å². The summed E-state index contributed by atoms with van der Waals surface area (Å²) in [4.78, 5) is 12.4. The number of hydrogen-bond acceptors (Lipinski definition) is 2. The average Bonchev–Trinajstić information content (AvgIpc) is 2.49. The maximum absolute atomic E-state index is 12.4. The van der Waals surface area contributed by atoms with Crippen molar-refractivity contribution >= 4 is 5.91 Å². The van der Waals surface area contributed by atoms with Gasteiger partial charge < -0.3 is 11.1 Å². The fraction of sp³-hybridized carbons (Fsp3) is 0.588. The largest absolute Gasteiger partial charge is 0.353 e. The number of amides is 1. The molecule has 1 fully saturated rings. The van der Waals surface area contributed by atoms with Crippen molar-refractivity contribution in [1.29, 1.82) is 0 Å². The predicted octanol–water partition coefficient (Wildman–Crippen LogP) is 2.18. The highest BCUT2D eigenvalue weighted by atomic mass is 16.1. The molecule has 1 atom stereocenters. The summed E-state index contributed by atoms with van der Waals surface area (Å²) in [6, 6.07) is 9.19. The average molecular weight is 272 g/mol. The summed E-state index contributed by atoms with van der Waals surface area (Å²) in [5.41, 5.74) is 8.68. The van der Waals surface area contributed by atoms with E-state index in [2.05, 4.69) is 29.6 Å². The van der Waals surface area contributed by atoms with Crippen molar-refractivity contribution in [3.05, 3.63) is 35.4 Å². The zero-order chi connectivity index (χ0) is 13.9. The van der Waals surface area contributed by atoms with Gasteiger partial charge in [0.15, 0.2) is 0 Å². The molecule has 0 saturated heterocycles. The fourth-order valence-electron chi connectivity index (χ4n) is 3.50. The summed E-state index contributed by atoms with van der Waals surface area (Å²) >= 11 is 0. The van der Waals surface area contributed by atoms with Crippen molar-refractivity contribution in [2.75, 3.05) is 0 Å². The Balaban J connectivity index is 1.56. The van der Waals surface area contributed by atoms with Gasteiger partial charge in [-0.1, -0.05) is 24.3 Å². The van der Waals surface area contributed by atoms with Gasteiger partial charge >= 0.3 is 0 Å². The van der Waals surface area contributed by atoms with E-state index in [1.54, 1.807) is 0 Å². The monoisotopic (exact) mass is 272 g/mol. The lowest BCUT2D eigenvalue weighted by atomic mass is 9.83. The van der Waals surface area contributed by atoms with E-state index in [9.17, 15) is 4.79 Å². The van der Waals surface area contributed by atoms with Crippen LogP contribution in [-0.2, 0) is 17.6 Å². The molecule has 1 amide bonds. The van der Waals surface area contributed by atoms with Crippen LogP contribution in [0.15, 0.2) is 24.3 Å². The highest BCUT2D eigenvalue weighted by Crippen LogP contribution is 2.26. The summed E-state index contributed by atoms with van der Waals surface area (Å²) in [6.07, 6.45) is 7.07. The zero-order valence-electron chi connectivity index (χ0n) is 12.0. The Morgan fingerprint density at radius 2 is 1.75 bits per heavy atom. The van der Waals surface area contributed by atoms with E-state index < -0.39 is 0 Å². The Kier molecular flexibility index (Phi) is 4.06. The standard InChI is InChI=1S/C17H24N2O/c18-15-7-9-16(10-8-15)19-17(20)14-6-5-12-3-1-2-4-13(12)11-14/h1-4,14-16H,5-11,18H2,(H,19,20). The minimum atomic E-state index is 0.153. The highest BCUT2D eigenvalue weighted by molar-refractivity contribution is 5.79. The third kappa shape index (κ3) is 3.04. The molecule has 1 unspecified atom stereocenters. The van der Waals surface area contributed by atoms with E-state index in [0.29, 0.717) is 12.1 Å². The second-order valence-corrected chi connectivity index (χ2v) is 6.33. The molecule has 20 heavy (non-hydrogen) atoms. The second-order valence-electron chi connectivity index (χ2n) is 6.33. The molecule has 2 aliphatic carbocycles. The molecule has 0 spiro atoms. The molecule has 108 valence electrons. The van der Waals surface area contributed by atoms with Crippen molar-refractivity contribution in [1.82, 2.24) is 5.32 Å². The molecule has 0 bridgehead atoms. The van der Waals surface area contributed by atoms with Crippen LogP contribution < -0.4 is 11.1 Å². The normalized spacial score (nSPS) is 29.6. The third-order valence-electron chi connectivity index (χ3n) is 4.84. The van der Waals surface area contributed by atoms with Crippen LogP contribution in [0.2, 0.25) is 0 Å². The topological polar surface area (TPSA) is 55.1 Å². The van der Waals surface area contributed by atoms with Gasteiger partial charge in [0.25, 0.3) is 0 Å². The van der Waals surface area contributed by atoms with Crippen molar-refractivity contribution in [2.24, 2.45) is 11.7 Å². The van der Waals surface area contributed by atoms with Crippen LogP contribution in [0, 0.1) is 5.92 Å². The molecular weight excluding hydrogens is 248 g/mol. The van der Waals surface area contributed by atoms with Crippen molar-refractivity contribution in [2.45, 2.75) is 57.0 Å². The van der Waals surface area contributed by atoms with Crippen LogP contribution in [0.4, 0.5) is 0 Å². The van der Waals surface area contributed by atoms with Crippen LogP contribution in [-0.4, -0.2) is 18.0 Å². The lowest BCUT2D eigenvalue weighted by Gasteiger charge is -2.30. The minimum Gasteiger partial charge on any atom is -0.353 e. The first-order valence-corrected chi connectivity index (χ1v) is 7.85. The van der Waals surface area contributed by atoms with Crippen LogP contribution in [0.3, 0.4) is 0 Å². The maximum atomic E-state index is 12.4. The molecule has 1 saturated carbocycles. The van der Waals surface area contributed by atoms with Gasteiger partial charge in [-0.2, -0.15) is 0 Å². The molecule has 0 radical (unpaired) electrons. The number of nitrogens with one attached hydrogen (secondary N) is 1. The van der Waals surface area contributed by atoms with E-state index in [-0.39, 0.29) is 11.8 Å². The van der Waals surface area contributed by atoms with Gasteiger partial charge in [-0.15, -0.1) is 0 Å². The number of hydrogen-bond donors (Lipinski definition) is 2. The Morgan fingerprint density at radius 3 is 2.50 bits per heavy atom. The molecule has 1 aromatic rings. The van der Waals surface area contributed by atoms with Crippen molar-refractivity contribution in [3.63, 3.8) is 0 Å². The van der Waals surface area contributed by atoms with Crippen LogP contribution in [0.25, 0.3) is 0 Å². The summed E-state index contributed by atoms with van der Waals surface area (Å²) in [5.74, 6) is 0.403. The number of carbonyl (C=O) groups is 1. The summed E-state index contributed by atoms with van der Waals surface area (Å²) in [7, 11) is 0. The number of aryl methyl sites for hydroxylation is 1. The molecule has 0 heterocycles. The van der Waals surface area contributed by atoms with Gasteiger partial charge in [0.1, 0.15) is 0 Å². The molecule has 1 aromatic carbocycles. The van der Waals surface area contributed by atoms with Gasteiger partial charge in [-0.05, 0) is 56.1 Å². The Labute approximate surface area is 120 Å². The van der Waals surface area contributed by atoms with Gasteiger partial charge in [0, 0.05) is 18.0 Å². The van der Waals surface area contributed by atoms with Crippen molar-refractivity contribution in [3.8, 4) is 0 Å². The van der Waals surface area contributed by atoms with E-state index in [0.717, 1.165) is 44.9 Å². The molecule has 0 aliphatic heterocycles. The SMILES string of the molecule is NC1CCC(NC(=O)C2CCc3ccccc3C2)CC1.